The predicted molar refractivity (Wildman–Crippen MR) is 117 cm³/mol. The predicted octanol–water partition coefficient (Wildman–Crippen LogP) is 4.99. The number of hydrogen-bond acceptors (Lipinski definition) is 2. The molecule has 2 heteroatoms. The van der Waals surface area contributed by atoms with Crippen LogP contribution in [0.25, 0.3) is 0 Å². The van der Waals surface area contributed by atoms with E-state index in [1.165, 1.54) is 28.7 Å². The number of nitrogens with zero attached hydrogens (tertiary/aromatic N) is 1. The Hall–Kier alpha value is -2.42. The summed E-state index contributed by atoms with van der Waals surface area (Å²) < 4.78 is 0. The smallest absolute Gasteiger partial charge is 0.0331 e. The Balaban J connectivity index is 1.52. The van der Waals surface area contributed by atoms with Gasteiger partial charge >= 0.3 is 0 Å². The van der Waals surface area contributed by atoms with Gasteiger partial charge in [0, 0.05) is 25.0 Å². The van der Waals surface area contributed by atoms with E-state index in [0.717, 1.165) is 32.6 Å². The number of benzene rings is 3. The third-order valence-corrected chi connectivity index (χ3v) is 6.04. The summed E-state index contributed by atoms with van der Waals surface area (Å²) in [5.74, 6) is 0. The number of fused-ring (bicyclic) bond motifs is 1. The summed E-state index contributed by atoms with van der Waals surface area (Å²) in [6.45, 7) is 4.09. The van der Waals surface area contributed by atoms with E-state index in [2.05, 4.69) is 102 Å². The lowest BCUT2D eigenvalue weighted by Crippen LogP contribution is -2.44. The van der Waals surface area contributed by atoms with Gasteiger partial charge in [-0.05, 0) is 48.7 Å². The Morgan fingerprint density at radius 3 is 2.32 bits per heavy atom. The summed E-state index contributed by atoms with van der Waals surface area (Å²) in [7, 11) is 2.23. The topological polar surface area (TPSA) is 15.3 Å². The van der Waals surface area contributed by atoms with E-state index in [0.29, 0.717) is 0 Å². The van der Waals surface area contributed by atoms with Gasteiger partial charge in [-0.2, -0.15) is 0 Å². The lowest BCUT2D eigenvalue weighted by Gasteiger charge is -2.41. The van der Waals surface area contributed by atoms with Crippen molar-refractivity contribution in [1.82, 2.24) is 10.2 Å². The molecule has 0 bridgehead atoms. The Morgan fingerprint density at radius 2 is 1.54 bits per heavy atom. The van der Waals surface area contributed by atoms with Gasteiger partial charge in [0.05, 0.1) is 0 Å². The quantitative estimate of drug-likeness (QED) is 0.630. The van der Waals surface area contributed by atoms with Crippen molar-refractivity contribution in [1.29, 1.82) is 0 Å². The molecule has 4 rings (SSSR count). The maximum Gasteiger partial charge on any atom is 0.0331 e. The van der Waals surface area contributed by atoms with Gasteiger partial charge in [-0.1, -0.05) is 84.9 Å². The molecule has 1 aliphatic rings. The molecule has 0 aromatic heterocycles. The largest absolute Gasteiger partial charge is 0.311 e. The molecule has 3 aromatic rings. The van der Waals surface area contributed by atoms with Crippen LogP contribution in [0.3, 0.4) is 0 Å². The molecule has 0 radical (unpaired) electrons. The molecule has 0 spiro atoms. The first-order chi connectivity index (χ1) is 13.8. The van der Waals surface area contributed by atoms with Crippen LogP contribution >= 0.6 is 0 Å². The first kappa shape index (κ1) is 18.9. The van der Waals surface area contributed by atoms with Gasteiger partial charge in [0.1, 0.15) is 0 Å². The molecule has 2 nitrogen and oxygen atoms in total. The van der Waals surface area contributed by atoms with E-state index in [1.807, 2.05) is 0 Å². The molecule has 0 amide bonds. The highest BCUT2D eigenvalue weighted by Crippen LogP contribution is 2.40. The van der Waals surface area contributed by atoms with Gasteiger partial charge in [0.2, 0.25) is 0 Å². The molecule has 1 atom stereocenters. The SMILES string of the molecule is CN(CCCC1(c2ccccc2)CNCc2ccccc21)Cc1ccccc1. The maximum absolute atomic E-state index is 3.69. The normalized spacial score (nSPS) is 18.8. The zero-order valence-electron chi connectivity index (χ0n) is 16.8. The van der Waals surface area contributed by atoms with E-state index < -0.39 is 0 Å². The zero-order valence-corrected chi connectivity index (χ0v) is 16.8. The Kier molecular flexibility index (Phi) is 5.90. The molecule has 0 aliphatic carbocycles. The van der Waals surface area contributed by atoms with Crippen LogP contribution in [0.5, 0.6) is 0 Å². The monoisotopic (exact) mass is 370 g/mol. The van der Waals surface area contributed by atoms with E-state index >= 15 is 0 Å². The third kappa shape index (κ3) is 4.04. The first-order valence-electron chi connectivity index (χ1n) is 10.3. The molecule has 1 aliphatic heterocycles. The van der Waals surface area contributed by atoms with E-state index in [1.54, 1.807) is 0 Å². The van der Waals surface area contributed by atoms with E-state index in [4.69, 9.17) is 0 Å². The average molecular weight is 371 g/mol. The molecule has 144 valence electrons. The van der Waals surface area contributed by atoms with Gasteiger partial charge in [0.25, 0.3) is 0 Å². The summed E-state index contributed by atoms with van der Waals surface area (Å²) >= 11 is 0. The molecule has 0 fully saturated rings. The molecular formula is C26H30N2. The van der Waals surface area contributed by atoms with Crippen LogP contribution in [0, 0.1) is 0 Å². The minimum Gasteiger partial charge on any atom is -0.311 e. The summed E-state index contributed by atoms with van der Waals surface area (Å²) in [6.07, 6.45) is 2.33. The van der Waals surface area contributed by atoms with Crippen molar-refractivity contribution in [2.24, 2.45) is 0 Å². The standard InChI is InChI=1S/C26H30N2/c1-28(20-22-11-4-2-5-12-22)18-10-17-26(24-14-6-3-7-15-24)21-27-19-23-13-8-9-16-25(23)26/h2-9,11-16,27H,10,17-21H2,1H3. The fourth-order valence-corrected chi connectivity index (χ4v) is 4.65. The molecule has 3 aromatic carbocycles. The lowest BCUT2D eigenvalue weighted by atomic mass is 9.68. The fourth-order valence-electron chi connectivity index (χ4n) is 4.65. The van der Waals surface area contributed by atoms with E-state index in [-0.39, 0.29) is 5.41 Å². The second kappa shape index (κ2) is 8.72. The molecule has 1 N–H and O–H groups in total. The highest BCUT2D eigenvalue weighted by atomic mass is 15.1. The van der Waals surface area contributed by atoms with Gasteiger partial charge in [0.15, 0.2) is 0 Å². The summed E-state index contributed by atoms with van der Waals surface area (Å²) in [4.78, 5) is 2.44. The molecule has 0 saturated carbocycles. The fraction of sp³-hybridized carbons (Fsp3) is 0.308. The van der Waals surface area contributed by atoms with Crippen molar-refractivity contribution in [2.45, 2.75) is 31.3 Å². The number of hydrogen-bond donors (Lipinski definition) is 1. The summed E-state index contributed by atoms with van der Waals surface area (Å²) in [6, 6.07) is 30.8. The van der Waals surface area contributed by atoms with E-state index in [9.17, 15) is 0 Å². The van der Waals surface area contributed by atoms with Crippen LogP contribution < -0.4 is 5.32 Å². The second-order valence-corrected chi connectivity index (χ2v) is 8.04. The maximum atomic E-state index is 3.69. The van der Waals surface area contributed by atoms with Gasteiger partial charge < -0.3 is 10.2 Å². The minimum atomic E-state index is 0.0592. The third-order valence-electron chi connectivity index (χ3n) is 6.04. The molecule has 0 saturated heterocycles. The zero-order chi connectivity index (χ0) is 19.2. The number of nitrogens with one attached hydrogen (secondary N) is 1. The van der Waals surface area contributed by atoms with Crippen molar-refractivity contribution in [3.63, 3.8) is 0 Å². The van der Waals surface area contributed by atoms with Crippen molar-refractivity contribution in [3.8, 4) is 0 Å². The summed E-state index contributed by atoms with van der Waals surface area (Å²) in [5.41, 5.74) is 5.82. The highest BCUT2D eigenvalue weighted by Gasteiger charge is 2.37. The Bertz CT molecular complexity index is 875. The number of rotatable bonds is 7. The van der Waals surface area contributed by atoms with Gasteiger partial charge in [-0.3, -0.25) is 0 Å². The minimum absolute atomic E-state index is 0.0592. The van der Waals surface area contributed by atoms with Crippen LogP contribution in [0.1, 0.15) is 35.1 Å². The molecule has 28 heavy (non-hydrogen) atoms. The lowest BCUT2D eigenvalue weighted by molar-refractivity contribution is 0.296. The van der Waals surface area contributed by atoms with Gasteiger partial charge in [-0.25, -0.2) is 0 Å². The first-order valence-corrected chi connectivity index (χ1v) is 10.3. The molecular weight excluding hydrogens is 340 g/mol. The summed E-state index contributed by atoms with van der Waals surface area (Å²) in [5, 5.41) is 3.69. The Morgan fingerprint density at radius 1 is 0.857 bits per heavy atom. The Labute approximate surface area is 169 Å². The second-order valence-electron chi connectivity index (χ2n) is 8.04. The molecule has 1 heterocycles. The van der Waals surface area contributed by atoms with Crippen LogP contribution in [-0.2, 0) is 18.5 Å². The molecule has 1 unspecified atom stereocenters. The average Bonchev–Trinajstić information content (AvgIpc) is 2.75. The van der Waals surface area contributed by atoms with Crippen LogP contribution in [0.2, 0.25) is 0 Å². The van der Waals surface area contributed by atoms with Crippen molar-refractivity contribution < 1.29 is 0 Å². The van der Waals surface area contributed by atoms with Crippen LogP contribution in [-0.4, -0.2) is 25.0 Å². The van der Waals surface area contributed by atoms with Crippen molar-refractivity contribution in [2.75, 3.05) is 20.1 Å². The van der Waals surface area contributed by atoms with Crippen LogP contribution in [0.15, 0.2) is 84.9 Å². The van der Waals surface area contributed by atoms with Gasteiger partial charge in [-0.15, -0.1) is 0 Å². The van der Waals surface area contributed by atoms with Crippen LogP contribution in [0.4, 0.5) is 0 Å². The highest BCUT2D eigenvalue weighted by molar-refractivity contribution is 5.46. The van der Waals surface area contributed by atoms with Crippen molar-refractivity contribution in [3.05, 3.63) is 107 Å². The van der Waals surface area contributed by atoms with Crippen molar-refractivity contribution >= 4 is 0 Å².